The molecule has 62 heavy (non-hydrogen) atoms. The number of benzene rings is 1. The van der Waals surface area contributed by atoms with Gasteiger partial charge in [0.05, 0.1) is 13.2 Å². The number of primary amides is 1. The number of carbonyl (C=O) groups excluding carboxylic acids is 9. The molecule has 8 amide bonds. The van der Waals surface area contributed by atoms with Crippen LogP contribution in [0.2, 0.25) is 0 Å². The molecule has 0 bridgehead atoms. The lowest BCUT2D eigenvalue weighted by Crippen LogP contribution is -2.59. The van der Waals surface area contributed by atoms with Crippen LogP contribution in [-0.4, -0.2) is 104 Å². The maximum absolute atomic E-state index is 13.7. The first-order chi connectivity index (χ1) is 29.5. The van der Waals surface area contributed by atoms with Gasteiger partial charge in [0.25, 0.3) is 11.8 Å². The van der Waals surface area contributed by atoms with Crippen LogP contribution < -0.4 is 32.3 Å². The van der Waals surface area contributed by atoms with E-state index in [4.69, 9.17) is 15.2 Å². The van der Waals surface area contributed by atoms with E-state index in [1.165, 1.54) is 36.5 Å². The van der Waals surface area contributed by atoms with E-state index in [2.05, 4.69) is 26.6 Å². The van der Waals surface area contributed by atoms with Gasteiger partial charge in [-0.1, -0.05) is 46.2 Å². The number of amides is 8. The Morgan fingerprint density at radius 3 is 2.00 bits per heavy atom. The van der Waals surface area contributed by atoms with Crippen LogP contribution in [-0.2, 0) is 47.8 Å². The summed E-state index contributed by atoms with van der Waals surface area (Å²) >= 11 is 0. The molecule has 1 aromatic carbocycles. The fourth-order valence-electron chi connectivity index (χ4n) is 6.25. The molecular formula is C44H61N7O11. The van der Waals surface area contributed by atoms with Gasteiger partial charge in [-0.2, -0.15) is 0 Å². The van der Waals surface area contributed by atoms with Gasteiger partial charge in [-0.3, -0.25) is 33.7 Å². The monoisotopic (exact) mass is 863 g/mol. The number of hydrogen-bond donors (Lipinski definition) is 6. The average Bonchev–Trinajstić information content (AvgIpc) is 3.52. The zero-order valence-electron chi connectivity index (χ0n) is 36.1. The average molecular weight is 864 g/mol. The summed E-state index contributed by atoms with van der Waals surface area (Å²) < 4.78 is 10.4. The molecule has 338 valence electrons. The van der Waals surface area contributed by atoms with Crippen LogP contribution >= 0.6 is 0 Å². The number of rotatable bonds is 26. The maximum atomic E-state index is 13.7. The Balaban J connectivity index is 1.62. The van der Waals surface area contributed by atoms with Crippen LogP contribution in [0, 0.1) is 17.3 Å². The van der Waals surface area contributed by atoms with Gasteiger partial charge in [0.2, 0.25) is 23.6 Å². The van der Waals surface area contributed by atoms with Crippen molar-refractivity contribution >= 4 is 71.3 Å². The molecule has 0 saturated heterocycles. The lowest BCUT2D eigenvalue weighted by atomic mass is 9.67. The van der Waals surface area contributed by atoms with Crippen molar-refractivity contribution in [2.75, 3.05) is 44.7 Å². The van der Waals surface area contributed by atoms with E-state index in [1.54, 1.807) is 18.2 Å². The highest BCUT2D eigenvalue weighted by Crippen LogP contribution is 2.41. The molecule has 1 aromatic rings. The molecule has 0 unspecified atom stereocenters. The molecule has 1 atom stereocenters. The van der Waals surface area contributed by atoms with Crippen molar-refractivity contribution in [1.29, 1.82) is 0 Å². The number of imide groups is 1. The summed E-state index contributed by atoms with van der Waals surface area (Å²) in [5, 5.41) is 13.5. The number of hydrogen-bond acceptors (Lipinski definition) is 11. The summed E-state index contributed by atoms with van der Waals surface area (Å²) in [6, 6.07) is 3.09. The quantitative estimate of drug-likeness (QED) is 0.0259. The molecule has 3 rings (SSSR count). The van der Waals surface area contributed by atoms with Crippen LogP contribution in [0.15, 0.2) is 42.5 Å². The van der Waals surface area contributed by atoms with Gasteiger partial charge in [-0.25, -0.2) is 14.4 Å². The molecule has 1 aliphatic carbocycles. The van der Waals surface area contributed by atoms with Gasteiger partial charge >= 0.3 is 18.0 Å². The molecule has 0 radical (unpaired) electrons. The second-order valence-corrected chi connectivity index (χ2v) is 16.0. The summed E-state index contributed by atoms with van der Waals surface area (Å²) in [4.78, 5) is 114. The fourth-order valence-corrected chi connectivity index (χ4v) is 6.25. The Morgan fingerprint density at radius 2 is 1.40 bits per heavy atom. The Morgan fingerprint density at radius 1 is 0.774 bits per heavy atom. The normalized spacial score (nSPS) is 14.8. The number of unbranched alkanes of at least 4 members (excludes halogenated alkanes) is 2. The van der Waals surface area contributed by atoms with Crippen LogP contribution in [0.5, 0.6) is 0 Å². The van der Waals surface area contributed by atoms with E-state index in [-0.39, 0.29) is 95.1 Å². The smallest absolute Gasteiger partial charge is 0.330 e. The summed E-state index contributed by atoms with van der Waals surface area (Å²) in [6.07, 6.45) is 11.1. The Labute approximate surface area is 362 Å². The van der Waals surface area contributed by atoms with Crippen molar-refractivity contribution in [3.8, 4) is 0 Å². The van der Waals surface area contributed by atoms with Crippen molar-refractivity contribution in [2.45, 2.75) is 91.5 Å². The second-order valence-electron chi connectivity index (χ2n) is 16.0. The number of nitrogens with two attached hydrogens (primary N) is 1. The number of esters is 2. The van der Waals surface area contributed by atoms with Gasteiger partial charge in [0.15, 0.2) is 0 Å². The number of carbonyl (C=O) groups is 9. The summed E-state index contributed by atoms with van der Waals surface area (Å²) in [5.74, 6) is -3.68. The third kappa shape index (κ3) is 17.0. The summed E-state index contributed by atoms with van der Waals surface area (Å²) in [7, 11) is 0. The molecule has 1 fully saturated rings. The summed E-state index contributed by atoms with van der Waals surface area (Å²) in [6.45, 7) is 8.67. The molecule has 1 heterocycles. The Bertz CT molecular complexity index is 1870. The highest BCUT2D eigenvalue weighted by molar-refractivity contribution is 6.13. The first-order valence-corrected chi connectivity index (χ1v) is 21.1. The van der Waals surface area contributed by atoms with Gasteiger partial charge in [0, 0.05) is 62.6 Å². The predicted octanol–water partition coefficient (Wildman–Crippen LogP) is 2.87. The molecule has 18 heteroatoms. The molecule has 1 aliphatic heterocycles. The van der Waals surface area contributed by atoms with Crippen LogP contribution in [0.1, 0.15) is 96.6 Å². The van der Waals surface area contributed by atoms with Gasteiger partial charge in [-0.05, 0) is 86.1 Å². The fraction of sp³-hybridized carbons (Fsp3) is 0.523. The van der Waals surface area contributed by atoms with Crippen molar-refractivity contribution in [3.63, 3.8) is 0 Å². The number of urea groups is 1. The number of ether oxygens (including phenoxy) is 2. The zero-order chi connectivity index (χ0) is 45.7. The van der Waals surface area contributed by atoms with E-state index in [1.807, 2.05) is 27.7 Å². The Hall–Kier alpha value is -6.33. The zero-order valence-corrected chi connectivity index (χ0v) is 36.1. The van der Waals surface area contributed by atoms with E-state index in [0.717, 1.165) is 4.90 Å². The van der Waals surface area contributed by atoms with E-state index < -0.39 is 53.1 Å². The van der Waals surface area contributed by atoms with Crippen molar-refractivity contribution in [3.05, 3.63) is 53.6 Å². The lowest BCUT2D eigenvalue weighted by Gasteiger charge is -2.39. The van der Waals surface area contributed by atoms with E-state index >= 15 is 0 Å². The largest absolute Gasteiger partial charge is 0.462 e. The molecule has 0 spiro atoms. The minimum atomic E-state index is -1.38. The molecular weight excluding hydrogens is 803 g/mol. The molecule has 2 aliphatic rings. The molecule has 7 N–H and O–H groups in total. The van der Waals surface area contributed by atoms with Gasteiger partial charge < -0.3 is 41.8 Å². The third-order valence-corrected chi connectivity index (χ3v) is 9.84. The topological polar surface area (TPSA) is 262 Å². The highest BCUT2D eigenvalue weighted by atomic mass is 16.5. The standard InChI is InChI=1S/C44H61N7O11/c1-29(2)27-61-38(55)17-12-31-11-13-32(14-18-39(56)62-28-30(3)4)34(26-31)49-35(52)19-24-46-40(57)33(10-8-23-48-43(45)60)50-42(59)44(20-9-21-44)41(58)47-22-6-5-7-25-51-36(53)15-16-37(51)54/h11-18,26,29-30,33H,5-10,19-25,27-28H2,1-4H3,(H,46,57)(H,47,58)(H,49,52)(H,50,59)(H3,45,48,60)/b17-12+,18-14+/t33-/m0/s1. The predicted molar refractivity (Wildman–Crippen MR) is 230 cm³/mol. The molecule has 18 nitrogen and oxygen atoms in total. The summed E-state index contributed by atoms with van der Waals surface area (Å²) in [5.41, 5.74) is 5.14. The highest BCUT2D eigenvalue weighted by Gasteiger charge is 2.51. The van der Waals surface area contributed by atoms with Gasteiger partial charge in [-0.15, -0.1) is 0 Å². The molecule has 1 saturated carbocycles. The Kier molecular flexibility index (Phi) is 20.5. The van der Waals surface area contributed by atoms with Crippen molar-refractivity contribution in [2.24, 2.45) is 23.0 Å². The minimum Gasteiger partial charge on any atom is -0.462 e. The van der Waals surface area contributed by atoms with Crippen LogP contribution in [0.3, 0.4) is 0 Å². The van der Waals surface area contributed by atoms with Crippen LogP contribution in [0.4, 0.5) is 10.5 Å². The van der Waals surface area contributed by atoms with Crippen molar-refractivity contribution < 1.29 is 52.6 Å². The van der Waals surface area contributed by atoms with E-state index in [0.29, 0.717) is 42.5 Å². The third-order valence-electron chi connectivity index (χ3n) is 9.84. The van der Waals surface area contributed by atoms with Gasteiger partial charge in [0.1, 0.15) is 11.5 Å². The SMILES string of the molecule is CC(C)COC(=O)/C=C/c1ccc(/C=C/C(=O)OCC(C)C)c(NC(=O)CCNC(=O)[C@H](CCCNC(N)=O)NC(=O)C2(C(=O)NCCCCCN3C(=O)C=CC3=O)CCC2)c1. The second kappa shape index (κ2) is 25.4. The first-order valence-electron chi connectivity index (χ1n) is 21.1. The minimum absolute atomic E-state index is 0.0832. The number of nitrogens with zero attached hydrogens (tertiary/aromatic N) is 1. The number of nitrogens with one attached hydrogen (secondary N) is 5. The van der Waals surface area contributed by atoms with Crippen molar-refractivity contribution in [1.82, 2.24) is 26.2 Å². The maximum Gasteiger partial charge on any atom is 0.330 e. The van der Waals surface area contributed by atoms with E-state index in [9.17, 15) is 43.2 Å². The van der Waals surface area contributed by atoms with Crippen LogP contribution in [0.25, 0.3) is 12.2 Å². The first kappa shape index (κ1) is 50.0. The lowest BCUT2D eigenvalue weighted by molar-refractivity contribution is -0.151. The number of anilines is 1. The molecule has 0 aromatic heterocycles.